The molecule has 0 saturated carbocycles. The van der Waals surface area contributed by atoms with Crippen LogP contribution in [-0.2, 0) is 0 Å². The number of halogens is 2. The van der Waals surface area contributed by atoms with Crippen LogP contribution in [0, 0.1) is 11.6 Å². The van der Waals surface area contributed by atoms with E-state index >= 15 is 0 Å². The third kappa shape index (κ3) is 2.39. The Hall–Kier alpha value is -1.29. The minimum absolute atomic E-state index is 0.164. The van der Waals surface area contributed by atoms with Crippen LogP contribution in [0.4, 0.5) is 8.78 Å². The summed E-state index contributed by atoms with van der Waals surface area (Å²) in [5.74, 6) is -2.09. The Morgan fingerprint density at radius 2 is 2.07 bits per heavy atom. The zero-order valence-corrected chi connectivity index (χ0v) is 8.68. The van der Waals surface area contributed by atoms with Gasteiger partial charge in [0, 0.05) is 6.07 Å². The van der Waals surface area contributed by atoms with Crippen LogP contribution >= 0.6 is 0 Å². The van der Waals surface area contributed by atoms with Gasteiger partial charge in [-0.3, -0.25) is 4.79 Å². The van der Waals surface area contributed by atoms with Crippen molar-refractivity contribution >= 4 is 5.78 Å². The van der Waals surface area contributed by atoms with Gasteiger partial charge in [0.2, 0.25) is 0 Å². The molecule has 0 radical (unpaired) electrons. The summed E-state index contributed by atoms with van der Waals surface area (Å²) in [5, 5.41) is 0. The smallest absolute Gasteiger partial charge is 0.185 e. The van der Waals surface area contributed by atoms with Crippen molar-refractivity contribution in [2.75, 3.05) is 0 Å². The Labute approximate surface area is 87.1 Å². The van der Waals surface area contributed by atoms with Crippen molar-refractivity contribution in [2.45, 2.75) is 25.8 Å². The summed E-state index contributed by atoms with van der Waals surface area (Å²) in [7, 11) is 0. The second-order valence-corrected chi connectivity index (χ2v) is 3.72. The fraction of sp³-hybridized carbons (Fsp3) is 0.364. The molecule has 0 aliphatic heterocycles. The van der Waals surface area contributed by atoms with Crippen molar-refractivity contribution in [3.05, 3.63) is 35.4 Å². The van der Waals surface area contributed by atoms with Gasteiger partial charge in [-0.15, -0.1) is 0 Å². The highest BCUT2D eigenvalue weighted by Gasteiger charge is 2.29. The number of Topliss-reactive ketones (excluding diaryl/α,β-unsaturated/α-hetero) is 1. The van der Waals surface area contributed by atoms with Crippen LogP contribution in [0.1, 0.15) is 30.6 Å². The monoisotopic (exact) mass is 213 g/mol. The first-order chi connectivity index (χ1) is 6.88. The number of carbonyl (C=O) groups is 1. The Kier molecular flexibility index (Phi) is 3.19. The van der Waals surface area contributed by atoms with Crippen molar-refractivity contribution in [3.8, 4) is 0 Å². The number of nitrogens with two attached hydrogens (primary N) is 1. The van der Waals surface area contributed by atoms with Crippen molar-refractivity contribution in [1.82, 2.24) is 0 Å². The molecule has 0 bridgehead atoms. The van der Waals surface area contributed by atoms with E-state index in [0.717, 1.165) is 12.1 Å². The van der Waals surface area contributed by atoms with Gasteiger partial charge in [-0.25, -0.2) is 8.78 Å². The molecule has 15 heavy (non-hydrogen) atoms. The minimum Gasteiger partial charge on any atom is -0.319 e. The minimum atomic E-state index is -1.11. The molecule has 0 amide bonds. The van der Waals surface area contributed by atoms with Crippen LogP contribution in [-0.4, -0.2) is 11.3 Å². The lowest BCUT2D eigenvalue weighted by atomic mass is 9.89. The molecule has 1 aromatic rings. The van der Waals surface area contributed by atoms with Crippen LogP contribution in [0.3, 0.4) is 0 Å². The number of ketones is 1. The molecular weight excluding hydrogens is 200 g/mol. The number of hydrogen-bond acceptors (Lipinski definition) is 2. The third-order valence-electron chi connectivity index (χ3n) is 2.43. The quantitative estimate of drug-likeness (QED) is 0.783. The summed E-state index contributed by atoms with van der Waals surface area (Å²) in [4.78, 5) is 11.7. The maximum absolute atomic E-state index is 13.3. The van der Waals surface area contributed by atoms with E-state index in [2.05, 4.69) is 0 Å². The van der Waals surface area contributed by atoms with Gasteiger partial charge in [0.1, 0.15) is 11.6 Å². The van der Waals surface area contributed by atoms with Gasteiger partial charge in [-0.2, -0.15) is 0 Å². The van der Waals surface area contributed by atoms with Crippen molar-refractivity contribution < 1.29 is 13.6 Å². The topological polar surface area (TPSA) is 43.1 Å². The normalized spacial score (nSPS) is 14.7. The Balaban J connectivity index is 3.12. The van der Waals surface area contributed by atoms with E-state index in [1.54, 1.807) is 6.92 Å². The lowest BCUT2D eigenvalue weighted by Crippen LogP contribution is -2.44. The molecule has 1 aromatic carbocycles. The predicted octanol–water partition coefficient (Wildman–Crippen LogP) is 2.27. The highest BCUT2D eigenvalue weighted by molar-refractivity contribution is 6.02. The largest absolute Gasteiger partial charge is 0.319 e. The fourth-order valence-electron chi connectivity index (χ4n) is 1.14. The first-order valence-electron chi connectivity index (χ1n) is 4.67. The number of carbonyl (C=O) groups excluding carboxylic acids is 1. The summed E-state index contributed by atoms with van der Waals surface area (Å²) < 4.78 is 25.9. The van der Waals surface area contributed by atoms with Crippen LogP contribution in [0.2, 0.25) is 0 Å². The lowest BCUT2D eigenvalue weighted by molar-refractivity contribution is 0.0893. The Morgan fingerprint density at radius 3 is 2.53 bits per heavy atom. The fourth-order valence-corrected chi connectivity index (χ4v) is 1.14. The number of hydrogen-bond donors (Lipinski definition) is 1. The summed E-state index contributed by atoms with van der Waals surface area (Å²) in [6.45, 7) is 3.26. The van der Waals surface area contributed by atoms with Crippen LogP contribution in [0.25, 0.3) is 0 Å². The van der Waals surface area contributed by atoms with Crippen LogP contribution in [0.15, 0.2) is 18.2 Å². The summed E-state index contributed by atoms with van der Waals surface area (Å²) in [5.41, 5.74) is 4.41. The molecule has 1 atom stereocenters. The molecular formula is C11H13F2NO. The second-order valence-electron chi connectivity index (χ2n) is 3.72. The SMILES string of the molecule is CCC(C)(N)C(=O)c1ccc(F)cc1F. The van der Waals surface area contributed by atoms with Gasteiger partial charge < -0.3 is 5.73 Å². The lowest BCUT2D eigenvalue weighted by Gasteiger charge is -2.21. The summed E-state index contributed by atoms with van der Waals surface area (Å²) >= 11 is 0. The molecule has 0 fully saturated rings. The Morgan fingerprint density at radius 1 is 1.47 bits per heavy atom. The third-order valence-corrected chi connectivity index (χ3v) is 2.43. The van der Waals surface area contributed by atoms with E-state index in [1.165, 1.54) is 6.92 Å². The van der Waals surface area contributed by atoms with Crippen molar-refractivity contribution in [1.29, 1.82) is 0 Å². The van der Waals surface area contributed by atoms with Gasteiger partial charge in [-0.1, -0.05) is 6.92 Å². The zero-order valence-electron chi connectivity index (χ0n) is 8.68. The van der Waals surface area contributed by atoms with E-state index in [0.29, 0.717) is 12.5 Å². The van der Waals surface area contributed by atoms with Crippen LogP contribution in [0.5, 0.6) is 0 Å². The van der Waals surface area contributed by atoms with E-state index in [4.69, 9.17) is 5.73 Å². The molecule has 2 N–H and O–H groups in total. The van der Waals surface area contributed by atoms with Gasteiger partial charge >= 0.3 is 0 Å². The maximum Gasteiger partial charge on any atom is 0.185 e. The molecule has 82 valence electrons. The molecule has 2 nitrogen and oxygen atoms in total. The van der Waals surface area contributed by atoms with Crippen LogP contribution < -0.4 is 5.73 Å². The van der Waals surface area contributed by atoms with E-state index in [-0.39, 0.29) is 5.56 Å². The molecule has 1 unspecified atom stereocenters. The molecule has 0 heterocycles. The van der Waals surface area contributed by atoms with E-state index < -0.39 is 23.0 Å². The highest BCUT2D eigenvalue weighted by atomic mass is 19.1. The molecule has 0 aliphatic carbocycles. The molecule has 0 saturated heterocycles. The molecule has 1 rings (SSSR count). The first-order valence-corrected chi connectivity index (χ1v) is 4.67. The predicted molar refractivity (Wildman–Crippen MR) is 53.6 cm³/mol. The first kappa shape index (κ1) is 11.8. The van der Waals surface area contributed by atoms with Gasteiger partial charge in [0.25, 0.3) is 0 Å². The van der Waals surface area contributed by atoms with Crippen molar-refractivity contribution in [3.63, 3.8) is 0 Å². The maximum atomic E-state index is 13.3. The molecule has 0 aliphatic rings. The Bertz CT molecular complexity index is 388. The standard InChI is InChI=1S/C11H13F2NO/c1-3-11(2,14)10(15)8-5-4-7(12)6-9(8)13/h4-6H,3,14H2,1-2H3. The summed E-state index contributed by atoms with van der Waals surface area (Å²) in [6.07, 6.45) is 0.392. The second kappa shape index (κ2) is 4.06. The number of benzene rings is 1. The molecule has 0 spiro atoms. The number of rotatable bonds is 3. The van der Waals surface area contributed by atoms with Gasteiger partial charge in [-0.05, 0) is 25.5 Å². The zero-order chi connectivity index (χ0) is 11.6. The average molecular weight is 213 g/mol. The van der Waals surface area contributed by atoms with Gasteiger partial charge in [0.15, 0.2) is 5.78 Å². The van der Waals surface area contributed by atoms with E-state index in [9.17, 15) is 13.6 Å². The van der Waals surface area contributed by atoms with E-state index in [1.807, 2.05) is 0 Å². The molecule has 4 heteroatoms. The average Bonchev–Trinajstić information content (AvgIpc) is 2.17. The van der Waals surface area contributed by atoms with Gasteiger partial charge in [0.05, 0.1) is 11.1 Å². The van der Waals surface area contributed by atoms with Crippen molar-refractivity contribution in [2.24, 2.45) is 5.73 Å². The highest BCUT2D eigenvalue weighted by Crippen LogP contribution is 2.17. The summed E-state index contributed by atoms with van der Waals surface area (Å²) in [6, 6.07) is 2.84. The molecule has 0 aromatic heterocycles.